The molecule has 4 heteroatoms. The SMILES string of the molecule is C[C@H](NC(=O)CCN(C)Cc1cccc(O)c1)c1ccccc1. The minimum Gasteiger partial charge on any atom is -0.508 e. The summed E-state index contributed by atoms with van der Waals surface area (Å²) in [5.41, 5.74) is 2.14. The summed E-state index contributed by atoms with van der Waals surface area (Å²) >= 11 is 0. The van der Waals surface area contributed by atoms with Crippen LogP contribution >= 0.6 is 0 Å². The van der Waals surface area contributed by atoms with Crippen LogP contribution in [0.15, 0.2) is 54.6 Å². The summed E-state index contributed by atoms with van der Waals surface area (Å²) in [7, 11) is 1.97. The minimum atomic E-state index is 0.0140. The van der Waals surface area contributed by atoms with Crippen molar-refractivity contribution in [1.82, 2.24) is 10.2 Å². The molecule has 2 aromatic rings. The highest BCUT2D eigenvalue weighted by atomic mass is 16.3. The van der Waals surface area contributed by atoms with Gasteiger partial charge in [-0.1, -0.05) is 42.5 Å². The van der Waals surface area contributed by atoms with Crippen LogP contribution in [0.1, 0.15) is 30.5 Å². The first-order chi connectivity index (χ1) is 11.0. The second-order valence-electron chi connectivity index (χ2n) is 5.86. The summed E-state index contributed by atoms with van der Waals surface area (Å²) in [6.07, 6.45) is 0.451. The Balaban J connectivity index is 1.75. The number of carbonyl (C=O) groups is 1. The van der Waals surface area contributed by atoms with Crippen molar-refractivity contribution in [2.24, 2.45) is 0 Å². The van der Waals surface area contributed by atoms with E-state index in [4.69, 9.17) is 0 Å². The number of nitrogens with one attached hydrogen (secondary N) is 1. The molecule has 0 aromatic heterocycles. The first-order valence-corrected chi connectivity index (χ1v) is 7.85. The zero-order chi connectivity index (χ0) is 16.7. The monoisotopic (exact) mass is 312 g/mol. The number of aromatic hydroxyl groups is 1. The standard InChI is InChI=1S/C19H24N2O2/c1-15(17-8-4-3-5-9-17)20-19(23)11-12-21(2)14-16-7-6-10-18(22)13-16/h3-10,13,15,22H,11-12,14H2,1-2H3,(H,20,23)/t15-/m0/s1. The van der Waals surface area contributed by atoms with Gasteiger partial charge in [-0.05, 0) is 37.2 Å². The summed E-state index contributed by atoms with van der Waals surface area (Å²) in [5.74, 6) is 0.314. The fourth-order valence-corrected chi connectivity index (χ4v) is 2.48. The van der Waals surface area contributed by atoms with Crippen LogP contribution in [0, 0.1) is 0 Å². The Morgan fingerprint density at radius 1 is 1.17 bits per heavy atom. The van der Waals surface area contributed by atoms with Crippen LogP contribution < -0.4 is 5.32 Å². The lowest BCUT2D eigenvalue weighted by molar-refractivity contribution is -0.122. The Bertz CT molecular complexity index is 628. The number of amides is 1. The second-order valence-corrected chi connectivity index (χ2v) is 5.86. The molecule has 0 bridgehead atoms. The molecular formula is C19H24N2O2. The molecule has 0 aliphatic carbocycles. The van der Waals surface area contributed by atoms with Crippen molar-refractivity contribution in [2.45, 2.75) is 25.9 Å². The number of hydrogen-bond acceptors (Lipinski definition) is 3. The number of hydrogen-bond donors (Lipinski definition) is 2. The maximum absolute atomic E-state index is 12.1. The third kappa shape index (κ3) is 5.75. The van der Waals surface area contributed by atoms with Gasteiger partial charge in [0.05, 0.1) is 6.04 Å². The number of phenolic OH excluding ortho intramolecular Hbond substituents is 1. The second kappa shape index (κ2) is 8.34. The van der Waals surface area contributed by atoms with E-state index in [1.807, 2.05) is 56.4 Å². The van der Waals surface area contributed by atoms with Crippen molar-refractivity contribution < 1.29 is 9.90 Å². The average molecular weight is 312 g/mol. The van der Waals surface area contributed by atoms with Crippen LogP contribution in [0.3, 0.4) is 0 Å². The summed E-state index contributed by atoms with van der Waals surface area (Å²) in [6.45, 7) is 3.36. The summed E-state index contributed by atoms with van der Waals surface area (Å²) in [6, 6.07) is 17.1. The van der Waals surface area contributed by atoms with Gasteiger partial charge in [-0.25, -0.2) is 0 Å². The highest BCUT2D eigenvalue weighted by Crippen LogP contribution is 2.13. The molecule has 122 valence electrons. The van der Waals surface area contributed by atoms with Gasteiger partial charge in [0.1, 0.15) is 5.75 Å². The highest BCUT2D eigenvalue weighted by Gasteiger charge is 2.10. The van der Waals surface area contributed by atoms with E-state index in [0.717, 1.165) is 11.1 Å². The van der Waals surface area contributed by atoms with Crippen LogP contribution in [-0.4, -0.2) is 29.5 Å². The largest absolute Gasteiger partial charge is 0.508 e. The minimum absolute atomic E-state index is 0.0140. The first kappa shape index (κ1) is 17.0. The van der Waals surface area contributed by atoms with Crippen molar-refractivity contribution >= 4 is 5.91 Å². The quantitative estimate of drug-likeness (QED) is 0.826. The van der Waals surface area contributed by atoms with Crippen molar-refractivity contribution in [1.29, 1.82) is 0 Å². The van der Waals surface area contributed by atoms with Gasteiger partial charge < -0.3 is 15.3 Å². The molecule has 4 nitrogen and oxygen atoms in total. The molecule has 0 saturated carbocycles. The summed E-state index contributed by atoms with van der Waals surface area (Å²) in [4.78, 5) is 14.1. The number of phenols is 1. The van der Waals surface area contributed by atoms with Crippen molar-refractivity contribution in [3.8, 4) is 5.75 Å². The summed E-state index contributed by atoms with van der Waals surface area (Å²) < 4.78 is 0. The molecule has 23 heavy (non-hydrogen) atoms. The van der Waals surface area contributed by atoms with Gasteiger partial charge in [-0.15, -0.1) is 0 Å². The first-order valence-electron chi connectivity index (χ1n) is 7.85. The maximum atomic E-state index is 12.1. The van der Waals surface area contributed by atoms with E-state index in [1.54, 1.807) is 12.1 Å². The molecule has 0 saturated heterocycles. The van der Waals surface area contributed by atoms with Gasteiger partial charge in [0, 0.05) is 19.5 Å². The van der Waals surface area contributed by atoms with Gasteiger partial charge >= 0.3 is 0 Å². The molecule has 1 amide bonds. The van der Waals surface area contributed by atoms with E-state index in [9.17, 15) is 9.90 Å². The van der Waals surface area contributed by atoms with Crippen LogP contribution in [0.2, 0.25) is 0 Å². The highest BCUT2D eigenvalue weighted by molar-refractivity contribution is 5.76. The van der Waals surface area contributed by atoms with Crippen molar-refractivity contribution in [2.75, 3.05) is 13.6 Å². The van der Waals surface area contributed by atoms with E-state index in [-0.39, 0.29) is 17.7 Å². The lowest BCUT2D eigenvalue weighted by Gasteiger charge is -2.18. The topological polar surface area (TPSA) is 52.6 Å². The van der Waals surface area contributed by atoms with Gasteiger partial charge in [0.25, 0.3) is 0 Å². The molecule has 0 spiro atoms. The van der Waals surface area contributed by atoms with Gasteiger partial charge in [-0.3, -0.25) is 4.79 Å². The Hall–Kier alpha value is -2.33. The predicted octanol–water partition coefficient (Wildman–Crippen LogP) is 3.09. The number of benzene rings is 2. The molecule has 0 aliphatic rings. The lowest BCUT2D eigenvalue weighted by Crippen LogP contribution is -2.30. The zero-order valence-electron chi connectivity index (χ0n) is 13.7. The Morgan fingerprint density at radius 3 is 2.61 bits per heavy atom. The summed E-state index contributed by atoms with van der Waals surface area (Å²) in [5, 5.41) is 12.5. The molecule has 0 unspecified atom stereocenters. The van der Waals surface area contributed by atoms with E-state index < -0.39 is 0 Å². The van der Waals surface area contributed by atoms with E-state index >= 15 is 0 Å². The molecule has 0 aliphatic heterocycles. The molecule has 0 heterocycles. The average Bonchev–Trinajstić information content (AvgIpc) is 2.54. The Kier molecular flexibility index (Phi) is 6.18. The molecule has 1 atom stereocenters. The normalized spacial score (nSPS) is 12.1. The third-order valence-corrected chi connectivity index (χ3v) is 3.76. The number of rotatable bonds is 7. The maximum Gasteiger partial charge on any atom is 0.221 e. The van der Waals surface area contributed by atoms with Crippen LogP contribution in [0.4, 0.5) is 0 Å². The molecule has 0 radical (unpaired) electrons. The lowest BCUT2D eigenvalue weighted by atomic mass is 10.1. The van der Waals surface area contributed by atoms with Gasteiger partial charge in [0.15, 0.2) is 0 Å². The number of nitrogens with zero attached hydrogens (tertiary/aromatic N) is 1. The fourth-order valence-electron chi connectivity index (χ4n) is 2.48. The smallest absolute Gasteiger partial charge is 0.221 e. The van der Waals surface area contributed by atoms with Crippen molar-refractivity contribution in [3.05, 3.63) is 65.7 Å². The van der Waals surface area contributed by atoms with E-state index in [2.05, 4.69) is 10.2 Å². The molecule has 2 rings (SSSR count). The molecule has 2 aromatic carbocycles. The Morgan fingerprint density at radius 2 is 1.91 bits per heavy atom. The van der Waals surface area contributed by atoms with Gasteiger partial charge in [0.2, 0.25) is 5.91 Å². The van der Waals surface area contributed by atoms with E-state index in [1.165, 1.54) is 0 Å². The zero-order valence-corrected chi connectivity index (χ0v) is 13.7. The van der Waals surface area contributed by atoms with Crippen LogP contribution in [0.25, 0.3) is 0 Å². The fraction of sp³-hybridized carbons (Fsp3) is 0.316. The van der Waals surface area contributed by atoms with E-state index in [0.29, 0.717) is 19.5 Å². The molecular weight excluding hydrogens is 288 g/mol. The van der Waals surface area contributed by atoms with Crippen molar-refractivity contribution in [3.63, 3.8) is 0 Å². The third-order valence-electron chi connectivity index (χ3n) is 3.76. The molecule has 2 N–H and O–H groups in total. The Labute approximate surface area is 137 Å². The van der Waals surface area contributed by atoms with Gasteiger partial charge in [-0.2, -0.15) is 0 Å². The van der Waals surface area contributed by atoms with Crippen LogP contribution in [-0.2, 0) is 11.3 Å². The predicted molar refractivity (Wildman–Crippen MR) is 92.1 cm³/mol. The molecule has 0 fully saturated rings. The number of carbonyl (C=O) groups excluding carboxylic acids is 1. The van der Waals surface area contributed by atoms with Crippen LogP contribution in [0.5, 0.6) is 5.75 Å².